The van der Waals surface area contributed by atoms with E-state index in [1.807, 2.05) is 42.9 Å². The van der Waals surface area contributed by atoms with Crippen molar-refractivity contribution >= 4 is 41.3 Å². The number of fused-ring (bicyclic) bond motifs is 1. The molecule has 3 rings (SSSR count). The predicted molar refractivity (Wildman–Crippen MR) is 115 cm³/mol. The average molecular weight is 471 g/mol. The van der Waals surface area contributed by atoms with Gasteiger partial charge in [-0.1, -0.05) is 0 Å². The Balaban J connectivity index is 0.00000225. The SMILES string of the molecule is CN=C(NCCc1ccncc1)N(C)Cc1nc2c(s1)CCCC2.I. The van der Waals surface area contributed by atoms with Crippen LogP contribution in [-0.4, -0.2) is 41.5 Å². The normalized spacial score (nSPS) is 13.8. The summed E-state index contributed by atoms with van der Waals surface area (Å²) in [5, 5.41) is 4.63. The summed E-state index contributed by atoms with van der Waals surface area (Å²) in [6.45, 7) is 1.67. The van der Waals surface area contributed by atoms with Gasteiger partial charge in [0.25, 0.3) is 0 Å². The molecule has 1 aliphatic rings. The lowest BCUT2D eigenvalue weighted by Crippen LogP contribution is -2.39. The molecule has 0 fully saturated rings. The molecule has 0 amide bonds. The number of nitrogens with zero attached hydrogens (tertiary/aromatic N) is 4. The number of hydrogen-bond donors (Lipinski definition) is 1. The molecule has 136 valence electrons. The van der Waals surface area contributed by atoms with E-state index in [0.717, 1.165) is 31.9 Å². The number of guanidine groups is 1. The van der Waals surface area contributed by atoms with Crippen LogP contribution in [0, 0.1) is 0 Å². The zero-order chi connectivity index (χ0) is 16.8. The lowest BCUT2D eigenvalue weighted by molar-refractivity contribution is 0.475. The summed E-state index contributed by atoms with van der Waals surface area (Å²) in [6.07, 6.45) is 9.57. The summed E-state index contributed by atoms with van der Waals surface area (Å²) in [4.78, 5) is 16.9. The molecule has 0 bridgehead atoms. The van der Waals surface area contributed by atoms with Gasteiger partial charge >= 0.3 is 0 Å². The van der Waals surface area contributed by atoms with E-state index in [1.165, 1.54) is 40.4 Å². The first-order chi connectivity index (χ1) is 11.8. The monoisotopic (exact) mass is 471 g/mol. The molecule has 2 aromatic rings. The molecule has 1 aliphatic carbocycles. The third-order valence-corrected chi connectivity index (χ3v) is 5.42. The Morgan fingerprint density at radius 1 is 1.28 bits per heavy atom. The molecule has 1 N–H and O–H groups in total. The summed E-state index contributed by atoms with van der Waals surface area (Å²) in [6, 6.07) is 4.10. The third kappa shape index (κ3) is 5.64. The number of nitrogens with one attached hydrogen (secondary N) is 1. The Morgan fingerprint density at radius 3 is 2.76 bits per heavy atom. The minimum absolute atomic E-state index is 0. The smallest absolute Gasteiger partial charge is 0.193 e. The van der Waals surface area contributed by atoms with Crippen molar-refractivity contribution in [2.75, 3.05) is 20.6 Å². The second kappa shape index (κ2) is 10.1. The molecular formula is C18H26IN5S. The zero-order valence-corrected chi connectivity index (χ0v) is 18.0. The fourth-order valence-electron chi connectivity index (χ4n) is 3.00. The molecule has 0 aromatic carbocycles. The highest BCUT2D eigenvalue weighted by Gasteiger charge is 2.16. The Labute approximate surface area is 171 Å². The van der Waals surface area contributed by atoms with Gasteiger partial charge in [0.2, 0.25) is 0 Å². The molecule has 5 nitrogen and oxygen atoms in total. The van der Waals surface area contributed by atoms with E-state index >= 15 is 0 Å². The number of aliphatic imine (C=N–C) groups is 1. The highest BCUT2D eigenvalue weighted by Crippen LogP contribution is 2.27. The summed E-state index contributed by atoms with van der Waals surface area (Å²) in [7, 11) is 3.90. The first-order valence-electron chi connectivity index (χ1n) is 8.54. The summed E-state index contributed by atoms with van der Waals surface area (Å²) in [5.74, 6) is 0.914. The van der Waals surface area contributed by atoms with Gasteiger partial charge in [-0.3, -0.25) is 9.98 Å². The van der Waals surface area contributed by atoms with Gasteiger partial charge in [-0.15, -0.1) is 35.3 Å². The fraction of sp³-hybridized carbons (Fsp3) is 0.500. The maximum atomic E-state index is 4.82. The Morgan fingerprint density at radius 2 is 2.04 bits per heavy atom. The van der Waals surface area contributed by atoms with Gasteiger partial charge in [-0.05, 0) is 49.8 Å². The molecule has 0 spiro atoms. The highest BCUT2D eigenvalue weighted by atomic mass is 127. The van der Waals surface area contributed by atoms with E-state index in [1.54, 1.807) is 0 Å². The van der Waals surface area contributed by atoms with Crippen molar-refractivity contribution in [2.45, 2.75) is 38.6 Å². The van der Waals surface area contributed by atoms with Crippen LogP contribution in [0.5, 0.6) is 0 Å². The molecular weight excluding hydrogens is 445 g/mol. The summed E-state index contributed by atoms with van der Waals surface area (Å²) >= 11 is 1.87. The number of hydrogen-bond acceptors (Lipinski definition) is 4. The van der Waals surface area contributed by atoms with Gasteiger partial charge in [-0.25, -0.2) is 4.98 Å². The van der Waals surface area contributed by atoms with Crippen LogP contribution in [0.25, 0.3) is 0 Å². The highest BCUT2D eigenvalue weighted by molar-refractivity contribution is 14.0. The lowest BCUT2D eigenvalue weighted by Gasteiger charge is -2.21. The van der Waals surface area contributed by atoms with Gasteiger partial charge in [-0.2, -0.15) is 0 Å². The number of halogens is 1. The standard InChI is InChI=1S/C18H25N5S.HI/c1-19-18(21-12-9-14-7-10-20-11-8-14)23(2)13-17-22-15-5-3-4-6-16(15)24-17;/h7-8,10-11H,3-6,9,12-13H2,1-2H3,(H,19,21);1H. The molecule has 2 heterocycles. The van der Waals surface area contributed by atoms with Gasteiger partial charge in [0.05, 0.1) is 12.2 Å². The third-order valence-electron chi connectivity index (χ3n) is 4.28. The maximum Gasteiger partial charge on any atom is 0.193 e. The molecule has 0 aliphatic heterocycles. The quantitative estimate of drug-likeness (QED) is 0.413. The maximum absolute atomic E-state index is 4.82. The van der Waals surface area contributed by atoms with Crippen LogP contribution in [0.3, 0.4) is 0 Å². The van der Waals surface area contributed by atoms with Crippen molar-refractivity contribution in [1.82, 2.24) is 20.2 Å². The molecule has 7 heteroatoms. The van der Waals surface area contributed by atoms with Gasteiger partial charge in [0.15, 0.2) is 5.96 Å². The first kappa shape index (κ1) is 20.1. The second-order valence-corrected chi connectivity index (χ2v) is 7.29. The fourth-order valence-corrected chi connectivity index (χ4v) is 4.21. The predicted octanol–water partition coefficient (Wildman–Crippen LogP) is 3.28. The van der Waals surface area contributed by atoms with Crippen molar-refractivity contribution < 1.29 is 0 Å². The molecule has 0 saturated carbocycles. The van der Waals surface area contributed by atoms with E-state index < -0.39 is 0 Å². The van der Waals surface area contributed by atoms with E-state index in [2.05, 4.69) is 27.2 Å². The van der Waals surface area contributed by atoms with Crippen molar-refractivity contribution in [2.24, 2.45) is 4.99 Å². The minimum Gasteiger partial charge on any atom is -0.356 e. The Hall–Kier alpha value is -1.22. The van der Waals surface area contributed by atoms with Crippen molar-refractivity contribution in [3.05, 3.63) is 45.7 Å². The largest absolute Gasteiger partial charge is 0.356 e. The Kier molecular flexibility index (Phi) is 8.08. The average Bonchev–Trinajstić information content (AvgIpc) is 3.01. The lowest BCUT2D eigenvalue weighted by atomic mass is 10.0. The van der Waals surface area contributed by atoms with Gasteiger partial charge < -0.3 is 10.2 Å². The van der Waals surface area contributed by atoms with Crippen LogP contribution in [0.15, 0.2) is 29.5 Å². The van der Waals surface area contributed by atoms with E-state index in [0.29, 0.717) is 0 Å². The van der Waals surface area contributed by atoms with Crippen LogP contribution in [-0.2, 0) is 25.8 Å². The number of aryl methyl sites for hydroxylation is 2. The topological polar surface area (TPSA) is 53.4 Å². The number of rotatable bonds is 5. The van der Waals surface area contributed by atoms with Crippen LogP contribution in [0.4, 0.5) is 0 Å². The number of pyridine rings is 1. The first-order valence-corrected chi connectivity index (χ1v) is 9.36. The van der Waals surface area contributed by atoms with Crippen LogP contribution < -0.4 is 5.32 Å². The van der Waals surface area contributed by atoms with Crippen LogP contribution in [0.2, 0.25) is 0 Å². The van der Waals surface area contributed by atoms with Gasteiger partial charge in [0, 0.05) is 37.9 Å². The number of aromatic nitrogens is 2. The second-order valence-electron chi connectivity index (χ2n) is 6.12. The molecule has 0 unspecified atom stereocenters. The summed E-state index contributed by atoms with van der Waals surface area (Å²) < 4.78 is 0. The minimum atomic E-state index is 0. The van der Waals surface area contributed by atoms with E-state index in [4.69, 9.17) is 4.98 Å². The van der Waals surface area contributed by atoms with Crippen molar-refractivity contribution in [3.8, 4) is 0 Å². The van der Waals surface area contributed by atoms with Crippen molar-refractivity contribution in [3.63, 3.8) is 0 Å². The number of thiazole rings is 1. The van der Waals surface area contributed by atoms with E-state index in [9.17, 15) is 0 Å². The Bertz CT molecular complexity index is 663. The van der Waals surface area contributed by atoms with Crippen LogP contribution >= 0.6 is 35.3 Å². The summed E-state index contributed by atoms with van der Waals surface area (Å²) in [5.41, 5.74) is 2.61. The van der Waals surface area contributed by atoms with Crippen molar-refractivity contribution in [1.29, 1.82) is 0 Å². The molecule has 0 radical (unpaired) electrons. The molecule has 25 heavy (non-hydrogen) atoms. The zero-order valence-electron chi connectivity index (χ0n) is 14.9. The molecule has 0 atom stereocenters. The van der Waals surface area contributed by atoms with E-state index in [-0.39, 0.29) is 24.0 Å². The molecule has 2 aromatic heterocycles. The van der Waals surface area contributed by atoms with Crippen LogP contribution in [0.1, 0.15) is 34.0 Å². The van der Waals surface area contributed by atoms with Gasteiger partial charge in [0.1, 0.15) is 5.01 Å². The molecule has 0 saturated heterocycles.